The quantitative estimate of drug-likeness (QED) is 0.699. The highest BCUT2D eigenvalue weighted by atomic mass is 16.5. The molecule has 0 saturated heterocycles. The highest BCUT2D eigenvalue weighted by Gasteiger charge is 2.25. The Morgan fingerprint density at radius 3 is 2.00 bits per heavy atom. The number of carbonyl (C=O) groups is 2. The van der Waals surface area contributed by atoms with E-state index in [1.165, 1.54) is 25.3 Å². The molecule has 3 aliphatic rings. The van der Waals surface area contributed by atoms with E-state index in [2.05, 4.69) is 21.9 Å². The van der Waals surface area contributed by atoms with Crippen molar-refractivity contribution in [3.8, 4) is 0 Å². The molecule has 2 N–H and O–H groups in total. The number of alkyl carbamates (subject to hydrolysis) is 1. The number of amides is 2. The Labute approximate surface area is 145 Å². The van der Waals surface area contributed by atoms with Crippen LogP contribution in [0, 0.1) is 11.8 Å². The van der Waals surface area contributed by atoms with Crippen LogP contribution < -0.4 is 10.6 Å². The number of rotatable bonds is 7. The van der Waals surface area contributed by atoms with Crippen LogP contribution in [0.3, 0.4) is 0 Å². The van der Waals surface area contributed by atoms with Gasteiger partial charge in [0.05, 0.1) is 0 Å². The predicted molar refractivity (Wildman–Crippen MR) is 94.6 cm³/mol. The van der Waals surface area contributed by atoms with Crippen molar-refractivity contribution >= 4 is 12.0 Å². The van der Waals surface area contributed by atoms with E-state index in [4.69, 9.17) is 0 Å². The molecule has 0 aromatic heterocycles. The van der Waals surface area contributed by atoms with E-state index in [0.29, 0.717) is 6.04 Å². The molecule has 0 unspecified atom stereocenters. The van der Waals surface area contributed by atoms with Crippen LogP contribution >= 0.6 is 0 Å². The number of carbonyl (C=O) groups excluding carboxylic acids is 2. The normalized spacial score (nSPS) is 20.3. The molecule has 0 aromatic rings. The molecule has 3 saturated carbocycles. The minimum absolute atomic E-state index is 0.0352. The third-order valence-corrected chi connectivity index (χ3v) is 5.31. The first kappa shape index (κ1) is 18.8. The van der Waals surface area contributed by atoms with E-state index in [-0.39, 0.29) is 19.1 Å². The van der Waals surface area contributed by atoms with Gasteiger partial charge in [-0.15, -0.1) is 0 Å². The van der Waals surface area contributed by atoms with Crippen molar-refractivity contribution in [3.05, 3.63) is 12.7 Å². The molecule has 0 aromatic carbocycles. The topological polar surface area (TPSA) is 67.4 Å². The van der Waals surface area contributed by atoms with Gasteiger partial charge in [-0.1, -0.05) is 51.2 Å². The second kappa shape index (κ2) is 10.4. The minimum atomic E-state index is -0.598. The first-order chi connectivity index (χ1) is 11.7. The second-order valence-corrected chi connectivity index (χ2v) is 7.27. The van der Waals surface area contributed by atoms with Gasteiger partial charge in [-0.2, -0.15) is 0 Å². The van der Waals surface area contributed by atoms with Crippen LogP contribution in [0.1, 0.15) is 64.2 Å². The van der Waals surface area contributed by atoms with Crippen molar-refractivity contribution in [2.75, 3.05) is 13.2 Å². The van der Waals surface area contributed by atoms with Crippen LogP contribution in [-0.4, -0.2) is 31.2 Å². The van der Waals surface area contributed by atoms with Crippen molar-refractivity contribution in [3.63, 3.8) is 0 Å². The average molecular weight is 336 g/mol. The smallest absolute Gasteiger partial charge is 0.407 e. The summed E-state index contributed by atoms with van der Waals surface area (Å²) in [5, 5.41) is 5.15. The van der Waals surface area contributed by atoms with Crippen molar-refractivity contribution < 1.29 is 14.3 Å². The molecule has 2 amide bonds. The van der Waals surface area contributed by atoms with Crippen LogP contribution in [0.2, 0.25) is 0 Å². The lowest BCUT2D eigenvalue weighted by molar-refractivity contribution is -0.121. The van der Waals surface area contributed by atoms with Crippen LogP contribution in [0.5, 0.6) is 0 Å². The molecule has 0 spiro atoms. The summed E-state index contributed by atoms with van der Waals surface area (Å²) >= 11 is 0. The lowest BCUT2D eigenvalue weighted by Gasteiger charge is -2.33. The second-order valence-electron chi connectivity index (χ2n) is 7.27. The highest BCUT2D eigenvalue weighted by Crippen LogP contribution is 2.39. The van der Waals surface area contributed by atoms with Gasteiger partial charge in [0.25, 0.3) is 0 Å². The van der Waals surface area contributed by atoms with E-state index < -0.39 is 6.09 Å². The van der Waals surface area contributed by atoms with E-state index in [1.807, 2.05) is 0 Å². The first-order valence-electron chi connectivity index (χ1n) is 9.48. The Morgan fingerprint density at radius 2 is 1.58 bits per heavy atom. The van der Waals surface area contributed by atoms with Gasteiger partial charge in [-0.25, -0.2) is 4.79 Å². The summed E-state index contributed by atoms with van der Waals surface area (Å²) in [5.74, 6) is 2.15. The van der Waals surface area contributed by atoms with Crippen LogP contribution in [0.4, 0.5) is 4.79 Å². The zero-order valence-electron chi connectivity index (χ0n) is 14.7. The van der Waals surface area contributed by atoms with Crippen molar-refractivity contribution in [2.45, 2.75) is 70.3 Å². The van der Waals surface area contributed by atoms with Crippen molar-refractivity contribution in [1.82, 2.24) is 10.6 Å². The van der Waals surface area contributed by atoms with E-state index >= 15 is 0 Å². The lowest BCUT2D eigenvalue weighted by Crippen LogP contribution is -2.44. The number of hydrogen-bond acceptors (Lipinski definition) is 3. The highest BCUT2D eigenvalue weighted by molar-refractivity contribution is 5.82. The fraction of sp³-hybridized carbons (Fsp3) is 0.789. The summed E-state index contributed by atoms with van der Waals surface area (Å²) < 4.78 is 4.64. The molecule has 5 nitrogen and oxygen atoms in total. The van der Waals surface area contributed by atoms with Crippen molar-refractivity contribution in [1.29, 1.82) is 0 Å². The van der Waals surface area contributed by atoms with Gasteiger partial charge in [0.2, 0.25) is 5.91 Å². The molecule has 3 fully saturated rings. The zero-order valence-corrected chi connectivity index (χ0v) is 14.7. The molecule has 0 aliphatic heterocycles. The van der Waals surface area contributed by atoms with E-state index in [9.17, 15) is 9.59 Å². The Bertz CT molecular complexity index is 401. The monoisotopic (exact) mass is 336 g/mol. The predicted octanol–water partition coefficient (Wildman–Crippen LogP) is 3.54. The average Bonchev–Trinajstić information content (AvgIpc) is 2.44. The maximum absolute atomic E-state index is 11.2. The Morgan fingerprint density at radius 1 is 1.00 bits per heavy atom. The summed E-state index contributed by atoms with van der Waals surface area (Å²) in [5.41, 5.74) is 0. The third kappa shape index (κ3) is 6.93. The molecular formula is C19H32N2O3. The van der Waals surface area contributed by atoms with E-state index in [1.54, 1.807) is 32.1 Å². The summed E-state index contributed by atoms with van der Waals surface area (Å²) in [6, 6.07) is 0.295. The number of nitrogens with one attached hydrogen (secondary N) is 2. The van der Waals surface area contributed by atoms with Gasteiger partial charge in [0, 0.05) is 6.04 Å². The molecule has 5 heteroatoms. The van der Waals surface area contributed by atoms with Crippen LogP contribution in [-0.2, 0) is 9.53 Å². The van der Waals surface area contributed by atoms with Gasteiger partial charge in [-0.05, 0) is 37.5 Å². The minimum Gasteiger partial charge on any atom is -0.445 e. The van der Waals surface area contributed by atoms with Crippen molar-refractivity contribution in [2.24, 2.45) is 11.8 Å². The molecule has 136 valence electrons. The molecule has 0 atom stereocenters. The molecule has 0 bridgehead atoms. The standard InChI is InChI=1S/C10H16N2O3.C9H16/c1-2-6-15-10(14)11-7-9(13)12-8-4-3-5-8;1-3-8(4-1)7-9-5-2-6-9/h2,8H,1,3-7H2,(H,11,14)(H,12,13);8-9H,1-7H2. The van der Waals surface area contributed by atoms with Gasteiger partial charge in [0.15, 0.2) is 0 Å². The fourth-order valence-corrected chi connectivity index (χ4v) is 3.10. The molecule has 3 rings (SSSR count). The summed E-state index contributed by atoms with van der Waals surface area (Å²) in [6.45, 7) is 3.52. The maximum atomic E-state index is 11.2. The van der Waals surface area contributed by atoms with Crippen LogP contribution in [0.25, 0.3) is 0 Å². The Kier molecular flexibility index (Phi) is 8.13. The molecule has 24 heavy (non-hydrogen) atoms. The summed E-state index contributed by atoms with van der Waals surface area (Å²) in [6.07, 6.45) is 14.9. The Balaban J connectivity index is 0.000000194. The summed E-state index contributed by atoms with van der Waals surface area (Å²) in [4.78, 5) is 22.1. The largest absolute Gasteiger partial charge is 0.445 e. The van der Waals surface area contributed by atoms with Crippen LogP contribution in [0.15, 0.2) is 12.7 Å². The summed E-state index contributed by atoms with van der Waals surface area (Å²) in [7, 11) is 0. The lowest BCUT2D eigenvalue weighted by atomic mass is 9.72. The number of hydrogen-bond donors (Lipinski definition) is 2. The first-order valence-corrected chi connectivity index (χ1v) is 9.48. The number of ether oxygens (including phenoxy) is 1. The molecule has 0 radical (unpaired) electrons. The molecular weight excluding hydrogens is 304 g/mol. The third-order valence-electron chi connectivity index (χ3n) is 5.31. The fourth-order valence-electron chi connectivity index (χ4n) is 3.10. The zero-order chi connectivity index (χ0) is 17.2. The maximum Gasteiger partial charge on any atom is 0.407 e. The molecule has 3 aliphatic carbocycles. The van der Waals surface area contributed by atoms with Gasteiger partial charge >= 0.3 is 6.09 Å². The molecule has 0 heterocycles. The van der Waals surface area contributed by atoms with Gasteiger partial charge in [0.1, 0.15) is 13.2 Å². The Hall–Kier alpha value is -1.52. The van der Waals surface area contributed by atoms with Gasteiger partial charge in [-0.3, -0.25) is 4.79 Å². The van der Waals surface area contributed by atoms with E-state index in [0.717, 1.165) is 24.7 Å². The SMILES string of the molecule is C1CC(CC2CCC2)C1.C=CCOC(=O)NCC(=O)NC1CCC1. The van der Waals surface area contributed by atoms with Gasteiger partial charge < -0.3 is 15.4 Å².